The standard InChI is InChI=1S/C23H30N4O2/c1-16-20(14-21(28)24-3)17(2)26-23(25-16)19-10-7-13-27(15-19)22(29)12-11-18-8-5-4-6-9-18/h4-6,8-9,19H,7,10-15H2,1-3H3,(H,24,28)/t19-/m0/s1. The highest BCUT2D eigenvalue weighted by molar-refractivity contribution is 5.78. The van der Waals surface area contributed by atoms with Crippen LogP contribution < -0.4 is 5.32 Å². The molecule has 29 heavy (non-hydrogen) atoms. The summed E-state index contributed by atoms with van der Waals surface area (Å²) in [6, 6.07) is 10.1. The molecule has 1 aromatic heterocycles. The maximum absolute atomic E-state index is 12.7. The number of amides is 2. The van der Waals surface area contributed by atoms with Gasteiger partial charge in [0.05, 0.1) is 6.42 Å². The Kier molecular flexibility index (Phi) is 6.96. The van der Waals surface area contributed by atoms with Crippen LogP contribution in [0.1, 0.15) is 53.5 Å². The fourth-order valence-electron chi connectivity index (χ4n) is 3.92. The molecular weight excluding hydrogens is 364 g/mol. The first-order valence-corrected chi connectivity index (χ1v) is 10.3. The van der Waals surface area contributed by atoms with Gasteiger partial charge in [-0.1, -0.05) is 30.3 Å². The van der Waals surface area contributed by atoms with Gasteiger partial charge in [-0.2, -0.15) is 0 Å². The van der Waals surface area contributed by atoms with Crippen molar-refractivity contribution in [2.24, 2.45) is 0 Å². The summed E-state index contributed by atoms with van der Waals surface area (Å²) in [6.45, 7) is 5.34. The van der Waals surface area contributed by atoms with Gasteiger partial charge in [0.15, 0.2) is 0 Å². The number of nitrogens with one attached hydrogen (secondary N) is 1. The molecule has 6 heteroatoms. The molecule has 1 fully saturated rings. The average Bonchev–Trinajstić information content (AvgIpc) is 2.75. The fourth-order valence-corrected chi connectivity index (χ4v) is 3.92. The molecule has 1 aliphatic rings. The van der Waals surface area contributed by atoms with Crippen LogP contribution in [-0.4, -0.2) is 46.8 Å². The van der Waals surface area contributed by atoms with Gasteiger partial charge in [-0.05, 0) is 38.7 Å². The van der Waals surface area contributed by atoms with Gasteiger partial charge in [-0.25, -0.2) is 9.97 Å². The number of rotatable bonds is 6. The van der Waals surface area contributed by atoms with E-state index in [2.05, 4.69) is 17.4 Å². The number of nitrogens with zero attached hydrogens (tertiary/aromatic N) is 3. The zero-order chi connectivity index (χ0) is 20.8. The van der Waals surface area contributed by atoms with Crippen molar-refractivity contribution in [3.05, 3.63) is 58.7 Å². The first-order chi connectivity index (χ1) is 14.0. The van der Waals surface area contributed by atoms with Crippen LogP contribution in [0.15, 0.2) is 30.3 Å². The van der Waals surface area contributed by atoms with Crippen LogP contribution in [0.4, 0.5) is 0 Å². The Balaban J connectivity index is 1.65. The Bertz CT molecular complexity index is 843. The van der Waals surface area contributed by atoms with E-state index in [1.807, 2.05) is 36.9 Å². The number of hydrogen-bond acceptors (Lipinski definition) is 4. The summed E-state index contributed by atoms with van der Waals surface area (Å²) >= 11 is 0. The zero-order valence-corrected chi connectivity index (χ0v) is 17.6. The second-order valence-corrected chi connectivity index (χ2v) is 7.75. The Hall–Kier alpha value is -2.76. The van der Waals surface area contributed by atoms with E-state index in [4.69, 9.17) is 9.97 Å². The number of likely N-dealkylation sites (tertiary alicyclic amines) is 1. The molecule has 6 nitrogen and oxygen atoms in total. The van der Waals surface area contributed by atoms with Crippen LogP contribution in [-0.2, 0) is 22.4 Å². The summed E-state index contributed by atoms with van der Waals surface area (Å²) in [5.41, 5.74) is 3.78. The van der Waals surface area contributed by atoms with Crippen molar-refractivity contribution in [2.45, 2.75) is 51.9 Å². The van der Waals surface area contributed by atoms with E-state index >= 15 is 0 Å². The van der Waals surface area contributed by atoms with Gasteiger partial charge in [0.25, 0.3) is 0 Å². The van der Waals surface area contributed by atoms with Crippen LogP contribution in [0, 0.1) is 13.8 Å². The quantitative estimate of drug-likeness (QED) is 0.817. The molecule has 2 amide bonds. The maximum Gasteiger partial charge on any atom is 0.224 e. The number of carbonyl (C=O) groups is 2. The topological polar surface area (TPSA) is 75.2 Å². The first-order valence-electron chi connectivity index (χ1n) is 10.3. The summed E-state index contributed by atoms with van der Waals surface area (Å²) < 4.78 is 0. The maximum atomic E-state index is 12.7. The smallest absolute Gasteiger partial charge is 0.224 e. The minimum absolute atomic E-state index is 0.0413. The van der Waals surface area contributed by atoms with Gasteiger partial charge in [0.2, 0.25) is 11.8 Å². The average molecular weight is 395 g/mol. The van der Waals surface area contributed by atoms with Crippen molar-refractivity contribution >= 4 is 11.8 Å². The number of aryl methyl sites for hydroxylation is 3. The Morgan fingerprint density at radius 2 is 1.83 bits per heavy atom. The Morgan fingerprint density at radius 1 is 1.14 bits per heavy atom. The number of benzene rings is 1. The molecule has 1 aliphatic heterocycles. The van der Waals surface area contributed by atoms with E-state index in [1.54, 1.807) is 7.05 Å². The molecule has 0 unspecified atom stereocenters. The molecular formula is C23H30N4O2. The van der Waals surface area contributed by atoms with E-state index in [1.165, 1.54) is 5.56 Å². The molecule has 3 rings (SSSR count). The summed E-state index contributed by atoms with van der Waals surface area (Å²) in [5, 5.41) is 2.65. The normalized spacial score (nSPS) is 16.5. The zero-order valence-electron chi connectivity index (χ0n) is 17.6. The summed E-state index contributed by atoms with van der Waals surface area (Å²) in [7, 11) is 1.63. The molecule has 2 aromatic rings. The lowest BCUT2D eigenvalue weighted by molar-refractivity contribution is -0.132. The van der Waals surface area contributed by atoms with Crippen molar-refractivity contribution in [3.63, 3.8) is 0 Å². The molecule has 0 spiro atoms. The fraction of sp³-hybridized carbons (Fsp3) is 0.478. The van der Waals surface area contributed by atoms with E-state index in [9.17, 15) is 9.59 Å². The van der Waals surface area contributed by atoms with E-state index < -0.39 is 0 Å². The lowest BCUT2D eigenvalue weighted by Gasteiger charge is -2.32. The Morgan fingerprint density at radius 3 is 2.48 bits per heavy atom. The van der Waals surface area contributed by atoms with Crippen molar-refractivity contribution in [2.75, 3.05) is 20.1 Å². The molecule has 1 N–H and O–H groups in total. The first kappa shape index (κ1) is 21.0. The number of hydrogen-bond donors (Lipinski definition) is 1. The molecule has 154 valence electrons. The number of aromatic nitrogens is 2. The van der Waals surface area contributed by atoms with E-state index in [0.717, 1.165) is 48.6 Å². The number of carbonyl (C=O) groups excluding carboxylic acids is 2. The van der Waals surface area contributed by atoms with E-state index in [-0.39, 0.29) is 17.7 Å². The molecule has 0 saturated carbocycles. The SMILES string of the molecule is CNC(=O)Cc1c(C)nc([C@H]2CCCN(C(=O)CCc3ccccc3)C2)nc1C. The van der Waals surface area contributed by atoms with Crippen LogP contribution in [0.3, 0.4) is 0 Å². The molecule has 2 heterocycles. The summed E-state index contributed by atoms with van der Waals surface area (Å²) in [4.78, 5) is 35.8. The molecule has 0 bridgehead atoms. The largest absolute Gasteiger partial charge is 0.359 e. The van der Waals surface area contributed by atoms with Gasteiger partial charge < -0.3 is 10.2 Å². The van der Waals surface area contributed by atoms with Gasteiger partial charge >= 0.3 is 0 Å². The lowest BCUT2D eigenvalue weighted by Crippen LogP contribution is -2.39. The third-order valence-electron chi connectivity index (χ3n) is 5.66. The molecule has 1 aromatic carbocycles. The second kappa shape index (κ2) is 9.63. The van der Waals surface area contributed by atoms with Gasteiger partial charge in [0.1, 0.15) is 5.82 Å². The summed E-state index contributed by atoms with van der Waals surface area (Å²) in [6.07, 6.45) is 3.53. The summed E-state index contributed by atoms with van der Waals surface area (Å²) in [5.74, 6) is 1.10. The molecule has 1 atom stereocenters. The minimum atomic E-state index is -0.0413. The predicted molar refractivity (Wildman–Crippen MR) is 113 cm³/mol. The van der Waals surface area contributed by atoms with Crippen molar-refractivity contribution in [1.29, 1.82) is 0 Å². The van der Waals surface area contributed by atoms with E-state index in [0.29, 0.717) is 19.4 Å². The number of piperidine rings is 1. The highest BCUT2D eigenvalue weighted by atomic mass is 16.2. The lowest BCUT2D eigenvalue weighted by atomic mass is 9.95. The third kappa shape index (κ3) is 5.40. The monoisotopic (exact) mass is 394 g/mol. The minimum Gasteiger partial charge on any atom is -0.359 e. The third-order valence-corrected chi connectivity index (χ3v) is 5.66. The highest BCUT2D eigenvalue weighted by Gasteiger charge is 2.27. The molecule has 0 radical (unpaired) electrons. The van der Waals surface area contributed by atoms with Crippen molar-refractivity contribution in [3.8, 4) is 0 Å². The van der Waals surface area contributed by atoms with Crippen LogP contribution in [0.25, 0.3) is 0 Å². The van der Waals surface area contributed by atoms with Gasteiger partial charge in [0, 0.05) is 49.4 Å². The Labute approximate surface area is 172 Å². The molecule has 1 saturated heterocycles. The van der Waals surface area contributed by atoms with Gasteiger partial charge in [-0.15, -0.1) is 0 Å². The number of likely N-dealkylation sites (N-methyl/N-ethyl adjacent to an activating group) is 1. The van der Waals surface area contributed by atoms with Crippen LogP contribution in [0.5, 0.6) is 0 Å². The van der Waals surface area contributed by atoms with Crippen molar-refractivity contribution < 1.29 is 9.59 Å². The van der Waals surface area contributed by atoms with Gasteiger partial charge in [-0.3, -0.25) is 9.59 Å². The highest BCUT2D eigenvalue weighted by Crippen LogP contribution is 2.26. The predicted octanol–water partition coefficient (Wildman–Crippen LogP) is 2.72. The van der Waals surface area contributed by atoms with Crippen molar-refractivity contribution in [1.82, 2.24) is 20.2 Å². The second-order valence-electron chi connectivity index (χ2n) is 7.75. The van der Waals surface area contributed by atoms with Crippen LogP contribution >= 0.6 is 0 Å². The van der Waals surface area contributed by atoms with Crippen LogP contribution in [0.2, 0.25) is 0 Å². The molecule has 0 aliphatic carbocycles.